The maximum atomic E-state index is 13.2. The highest BCUT2D eigenvalue weighted by Gasteiger charge is 2.49. The fourth-order valence-electron chi connectivity index (χ4n) is 3.85. The molecule has 0 saturated carbocycles. The number of nitrogens with one attached hydrogen (secondary N) is 2. The fraction of sp³-hybridized carbons (Fsp3) is 0.550. The monoisotopic (exact) mass is 390 g/mol. The topological polar surface area (TPSA) is 81.8 Å². The smallest absolute Gasteiger partial charge is 0.325 e. The average molecular weight is 390 g/mol. The van der Waals surface area contributed by atoms with Crippen LogP contribution in [0.15, 0.2) is 24.3 Å². The summed E-state index contributed by atoms with van der Waals surface area (Å²) in [6.07, 6.45) is 2.83. The average Bonchev–Trinajstić information content (AvgIpc) is 2.88. The van der Waals surface area contributed by atoms with Crippen LogP contribution in [0.25, 0.3) is 0 Å². The standard InChI is InChI=1S/C20H27FN4O3/c1-3-10-24-11-8-16(9-12-24)22-17(26)13-25-18(27)20(2,23-19(25)28)14-4-6-15(21)7-5-14/h4-7,16H,3,8-13H2,1-2H3,(H,22,26)(H,23,28). The van der Waals surface area contributed by atoms with Gasteiger partial charge in [0, 0.05) is 19.1 Å². The zero-order valence-electron chi connectivity index (χ0n) is 16.3. The molecule has 2 N–H and O–H groups in total. The van der Waals surface area contributed by atoms with Crippen LogP contribution >= 0.6 is 0 Å². The SMILES string of the molecule is CCCN1CCC(NC(=O)CN2C(=O)NC(C)(c3ccc(F)cc3)C2=O)CC1. The van der Waals surface area contributed by atoms with Crippen LogP contribution in [-0.2, 0) is 15.1 Å². The van der Waals surface area contributed by atoms with Crippen molar-refractivity contribution in [2.75, 3.05) is 26.2 Å². The first-order chi connectivity index (χ1) is 13.3. The summed E-state index contributed by atoms with van der Waals surface area (Å²) in [5.41, 5.74) is -0.838. The summed E-state index contributed by atoms with van der Waals surface area (Å²) in [4.78, 5) is 40.8. The van der Waals surface area contributed by atoms with Crippen molar-refractivity contribution in [3.05, 3.63) is 35.6 Å². The van der Waals surface area contributed by atoms with E-state index in [1.807, 2.05) is 0 Å². The van der Waals surface area contributed by atoms with Crippen LogP contribution in [0, 0.1) is 5.82 Å². The summed E-state index contributed by atoms with van der Waals surface area (Å²) in [7, 11) is 0. The molecule has 2 fully saturated rings. The Morgan fingerprint density at radius 3 is 2.50 bits per heavy atom. The molecule has 7 nitrogen and oxygen atoms in total. The number of carbonyl (C=O) groups excluding carboxylic acids is 3. The van der Waals surface area contributed by atoms with E-state index in [9.17, 15) is 18.8 Å². The van der Waals surface area contributed by atoms with E-state index in [1.165, 1.54) is 24.3 Å². The van der Waals surface area contributed by atoms with E-state index in [0.717, 1.165) is 43.8 Å². The largest absolute Gasteiger partial charge is 0.352 e. The number of imide groups is 1. The first-order valence-corrected chi connectivity index (χ1v) is 9.75. The molecule has 28 heavy (non-hydrogen) atoms. The van der Waals surface area contributed by atoms with Crippen molar-refractivity contribution >= 4 is 17.8 Å². The lowest BCUT2D eigenvalue weighted by Gasteiger charge is -2.32. The Labute approximate surface area is 164 Å². The lowest BCUT2D eigenvalue weighted by atomic mass is 9.92. The van der Waals surface area contributed by atoms with Gasteiger partial charge in [-0.2, -0.15) is 0 Å². The highest BCUT2D eigenvalue weighted by molar-refractivity contribution is 6.09. The maximum absolute atomic E-state index is 13.2. The van der Waals surface area contributed by atoms with E-state index in [4.69, 9.17) is 0 Å². The molecule has 152 valence electrons. The molecule has 2 aliphatic heterocycles. The van der Waals surface area contributed by atoms with Gasteiger partial charge in [-0.05, 0) is 50.4 Å². The summed E-state index contributed by atoms with van der Waals surface area (Å²) in [5.74, 6) is -1.29. The maximum Gasteiger partial charge on any atom is 0.325 e. The molecule has 0 spiro atoms. The van der Waals surface area contributed by atoms with Gasteiger partial charge >= 0.3 is 6.03 Å². The van der Waals surface area contributed by atoms with Crippen molar-refractivity contribution in [1.82, 2.24) is 20.4 Å². The van der Waals surface area contributed by atoms with Gasteiger partial charge in [0.1, 0.15) is 17.9 Å². The summed E-state index contributed by atoms with van der Waals surface area (Å²) in [6, 6.07) is 4.83. The third-order valence-electron chi connectivity index (χ3n) is 5.49. The molecular formula is C20H27FN4O3. The van der Waals surface area contributed by atoms with Gasteiger partial charge in [-0.15, -0.1) is 0 Å². The molecule has 2 saturated heterocycles. The van der Waals surface area contributed by atoms with Gasteiger partial charge in [0.05, 0.1) is 0 Å². The molecule has 1 atom stereocenters. The number of nitrogens with zero attached hydrogens (tertiary/aromatic N) is 2. The minimum atomic E-state index is -1.31. The molecule has 0 radical (unpaired) electrons. The van der Waals surface area contributed by atoms with Gasteiger partial charge in [-0.3, -0.25) is 14.5 Å². The Morgan fingerprint density at radius 2 is 1.89 bits per heavy atom. The number of urea groups is 1. The summed E-state index contributed by atoms with van der Waals surface area (Å²) >= 11 is 0. The second kappa shape index (κ2) is 8.26. The zero-order valence-corrected chi connectivity index (χ0v) is 16.3. The normalized spacial score (nSPS) is 23.8. The lowest BCUT2D eigenvalue weighted by Crippen LogP contribution is -2.48. The van der Waals surface area contributed by atoms with E-state index in [2.05, 4.69) is 22.5 Å². The molecule has 3 rings (SSSR count). The third-order valence-corrected chi connectivity index (χ3v) is 5.49. The summed E-state index contributed by atoms with van der Waals surface area (Å²) in [5, 5.41) is 5.56. The van der Waals surface area contributed by atoms with Gasteiger partial charge in [0.2, 0.25) is 5.91 Å². The second-order valence-electron chi connectivity index (χ2n) is 7.64. The second-order valence-corrected chi connectivity index (χ2v) is 7.64. The molecule has 1 aromatic carbocycles. The van der Waals surface area contributed by atoms with Crippen molar-refractivity contribution in [2.45, 2.75) is 44.7 Å². The molecule has 4 amide bonds. The zero-order chi connectivity index (χ0) is 20.3. The van der Waals surface area contributed by atoms with E-state index in [-0.39, 0.29) is 18.5 Å². The first-order valence-electron chi connectivity index (χ1n) is 9.75. The van der Waals surface area contributed by atoms with Crippen LogP contribution in [0.3, 0.4) is 0 Å². The first kappa shape index (κ1) is 20.3. The molecule has 1 aromatic rings. The van der Waals surface area contributed by atoms with Gasteiger partial charge in [-0.25, -0.2) is 9.18 Å². The Kier molecular flexibility index (Phi) is 5.98. The molecule has 0 bridgehead atoms. The molecule has 0 aliphatic carbocycles. The van der Waals surface area contributed by atoms with Crippen LogP contribution in [0.1, 0.15) is 38.7 Å². The minimum absolute atomic E-state index is 0.0601. The summed E-state index contributed by atoms with van der Waals surface area (Å²) in [6.45, 7) is 6.31. The number of halogens is 1. The van der Waals surface area contributed by atoms with Crippen LogP contribution < -0.4 is 10.6 Å². The lowest BCUT2D eigenvalue weighted by molar-refractivity contribution is -0.135. The van der Waals surface area contributed by atoms with E-state index >= 15 is 0 Å². The van der Waals surface area contributed by atoms with Crippen molar-refractivity contribution in [3.63, 3.8) is 0 Å². The number of amides is 4. The Balaban J connectivity index is 1.58. The van der Waals surface area contributed by atoms with Crippen molar-refractivity contribution in [2.24, 2.45) is 0 Å². The van der Waals surface area contributed by atoms with Crippen LogP contribution in [-0.4, -0.2) is 59.9 Å². The van der Waals surface area contributed by atoms with Gasteiger partial charge in [0.25, 0.3) is 5.91 Å². The number of likely N-dealkylation sites (tertiary alicyclic amines) is 1. The number of hydrogen-bond acceptors (Lipinski definition) is 4. The molecule has 8 heteroatoms. The highest BCUT2D eigenvalue weighted by Crippen LogP contribution is 2.28. The molecule has 2 aliphatic rings. The van der Waals surface area contributed by atoms with Gasteiger partial charge < -0.3 is 15.5 Å². The number of carbonyl (C=O) groups is 3. The van der Waals surface area contributed by atoms with Crippen molar-refractivity contribution < 1.29 is 18.8 Å². The van der Waals surface area contributed by atoms with E-state index in [1.54, 1.807) is 6.92 Å². The van der Waals surface area contributed by atoms with Gasteiger partial charge in [0.15, 0.2) is 0 Å². The highest BCUT2D eigenvalue weighted by atomic mass is 19.1. The Hall–Kier alpha value is -2.48. The van der Waals surface area contributed by atoms with Crippen LogP contribution in [0.4, 0.5) is 9.18 Å². The molecule has 0 aromatic heterocycles. The number of hydrogen-bond donors (Lipinski definition) is 2. The van der Waals surface area contributed by atoms with E-state index in [0.29, 0.717) is 5.56 Å². The Bertz CT molecular complexity index is 746. The Morgan fingerprint density at radius 1 is 1.25 bits per heavy atom. The predicted octanol–water partition coefficient (Wildman–Crippen LogP) is 1.58. The van der Waals surface area contributed by atoms with Crippen molar-refractivity contribution in [3.8, 4) is 0 Å². The molecule has 2 heterocycles. The minimum Gasteiger partial charge on any atom is -0.352 e. The van der Waals surface area contributed by atoms with Crippen LogP contribution in [0.5, 0.6) is 0 Å². The van der Waals surface area contributed by atoms with Crippen molar-refractivity contribution in [1.29, 1.82) is 0 Å². The third kappa shape index (κ3) is 4.16. The summed E-state index contributed by atoms with van der Waals surface area (Å²) < 4.78 is 13.2. The molecule has 1 unspecified atom stereocenters. The van der Waals surface area contributed by atoms with Gasteiger partial charge in [-0.1, -0.05) is 19.1 Å². The van der Waals surface area contributed by atoms with Crippen LogP contribution in [0.2, 0.25) is 0 Å². The quantitative estimate of drug-likeness (QED) is 0.723. The number of rotatable bonds is 6. The van der Waals surface area contributed by atoms with E-state index < -0.39 is 23.3 Å². The fourth-order valence-corrected chi connectivity index (χ4v) is 3.85. The molecular weight excluding hydrogens is 363 g/mol. The predicted molar refractivity (Wildman–Crippen MR) is 102 cm³/mol. The number of benzene rings is 1. The number of piperidine rings is 1.